The Bertz CT molecular complexity index is 629. The van der Waals surface area contributed by atoms with Gasteiger partial charge in [0, 0.05) is 25.2 Å². The standard InChI is InChI=1S/C13H15ClN4OS/c1-8-11(20-7-17-8)6-18(3)13(19)9-4-12(15-2)16-5-10(9)14/h4-5,7H,6H2,1-3H3,(H,15,16). The monoisotopic (exact) mass is 310 g/mol. The lowest BCUT2D eigenvalue weighted by Gasteiger charge is -2.17. The molecule has 2 heterocycles. The molecule has 0 spiro atoms. The minimum atomic E-state index is -0.137. The van der Waals surface area contributed by atoms with Crippen LogP contribution in [-0.4, -0.2) is 34.9 Å². The number of aryl methyl sites for hydroxylation is 1. The molecule has 20 heavy (non-hydrogen) atoms. The van der Waals surface area contributed by atoms with Crippen LogP contribution >= 0.6 is 22.9 Å². The molecule has 106 valence electrons. The van der Waals surface area contributed by atoms with Crippen LogP contribution in [0.15, 0.2) is 17.8 Å². The van der Waals surface area contributed by atoms with E-state index in [0.717, 1.165) is 10.6 Å². The number of nitrogens with one attached hydrogen (secondary N) is 1. The summed E-state index contributed by atoms with van der Waals surface area (Å²) in [5.41, 5.74) is 3.17. The first kappa shape index (κ1) is 14.7. The first-order valence-corrected chi connectivity index (χ1v) is 7.26. The van der Waals surface area contributed by atoms with E-state index in [2.05, 4.69) is 15.3 Å². The van der Waals surface area contributed by atoms with Crippen molar-refractivity contribution in [3.05, 3.63) is 38.9 Å². The van der Waals surface area contributed by atoms with Crippen LogP contribution < -0.4 is 5.32 Å². The maximum absolute atomic E-state index is 12.4. The maximum Gasteiger partial charge on any atom is 0.255 e. The summed E-state index contributed by atoms with van der Waals surface area (Å²) in [5, 5.41) is 3.24. The van der Waals surface area contributed by atoms with Crippen molar-refractivity contribution in [2.24, 2.45) is 0 Å². The molecule has 0 radical (unpaired) electrons. The summed E-state index contributed by atoms with van der Waals surface area (Å²) in [4.78, 5) is 23.4. The predicted octanol–water partition coefficient (Wildman–Crippen LogP) is 2.81. The normalized spacial score (nSPS) is 10.4. The van der Waals surface area contributed by atoms with Crippen LogP contribution in [0.1, 0.15) is 20.9 Å². The number of amides is 1. The topological polar surface area (TPSA) is 58.1 Å². The van der Waals surface area contributed by atoms with E-state index < -0.39 is 0 Å². The Morgan fingerprint density at radius 3 is 2.85 bits per heavy atom. The fourth-order valence-electron chi connectivity index (χ4n) is 1.71. The van der Waals surface area contributed by atoms with Crippen LogP contribution in [0.5, 0.6) is 0 Å². The SMILES string of the molecule is CNc1cc(C(=O)N(C)Cc2scnc2C)c(Cl)cn1. The van der Waals surface area contributed by atoms with E-state index in [0.29, 0.717) is 22.9 Å². The average molecular weight is 311 g/mol. The number of nitrogens with zero attached hydrogens (tertiary/aromatic N) is 3. The van der Waals surface area contributed by atoms with Gasteiger partial charge in [0.25, 0.3) is 5.91 Å². The number of hydrogen-bond acceptors (Lipinski definition) is 5. The Morgan fingerprint density at radius 2 is 2.25 bits per heavy atom. The van der Waals surface area contributed by atoms with Gasteiger partial charge in [-0.1, -0.05) is 11.6 Å². The molecule has 5 nitrogen and oxygen atoms in total. The first-order chi connectivity index (χ1) is 9.52. The highest BCUT2D eigenvalue weighted by molar-refractivity contribution is 7.09. The number of carbonyl (C=O) groups excluding carboxylic acids is 1. The Morgan fingerprint density at radius 1 is 1.50 bits per heavy atom. The van der Waals surface area contributed by atoms with Gasteiger partial charge in [-0.25, -0.2) is 9.97 Å². The van der Waals surface area contributed by atoms with Crippen LogP contribution in [0.25, 0.3) is 0 Å². The van der Waals surface area contributed by atoms with Gasteiger partial charge in [0.15, 0.2) is 0 Å². The smallest absolute Gasteiger partial charge is 0.255 e. The van der Waals surface area contributed by atoms with Crippen molar-refractivity contribution in [3.63, 3.8) is 0 Å². The van der Waals surface area contributed by atoms with Crippen LogP contribution in [0.2, 0.25) is 5.02 Å². The molecule has 0 saturated heterocycles. The second-order valence-corrected chi connectivity index (χ2v) is 5.67. The van der Waals surface area contributed by atoms with Crippen molar-refractivity contribution in [1.29, 1.82) is 0 Å². The Hall–Kier alpha value is -1.66. The van der Waals surface area contributed by atoms with E-state index in [1.165, 1.54) is 17.5 Å². The summed E-state index contributed by atoms with van der Waals surface area (Å²) in [7, 11) is 3.49. The molecule has 0 aliphatic rings. The number of carbonyl (C=O) groups is 1. The summed E-state index contributed by atoms with van der Waals surface area (Å²) < 4.78 is 0. The molecule has 0 aliphatic heterocycles. The second-order valence-electron chi connectivity index (χ2n) is 4.32. The molecule has 0 saturated carbocycles. The van der Waals surface area contributed by atoms with E-state index in [-0.39, 0.29) is 5.91 Å². The van der Waals surface area contributed by atoms with Crippen LogP contribution in [0.3, 0.4) is 0 Å². The second kappa shape index (κ2) is 6.19. The molecule has 7 heteroatoms. The zero-order valence-corrected chi connectivity index (χ0v) is 13.0. The van der Waals surface area contributed by atoms with Gasteiger partial charge >= 0.3 is 0 Å². The highest BCUT2D eigenvalue weighted by Gasteiger charge is 2.17. The molecular formula is C13H15ClN4OS. The summed E-state index contributed by atoms with van der Waals surface area (Å²) in [6.07, 6.45) is 1.48. The molecule has 1 N–H and O–H groups in total. The Labute approximate surface area is 126 Å². The third-order valence-corrected chi connectivity index (χ3v) is 4.14. The van der Waals surface area contributed by atoms with E-state index in [1.807, 2.05) is 6.92 Å². The minimum Gasteiger partial charge on any atom is -0.373 e. The number of rotatable bonds is 4. The lowest BCUT2D eigenvalue weighted by molar-refractivity contribution is 0.0786. The first-order valence-electron chi connectivity index (χ1n) is 6.00. The lowest BCUT2D eigenvalue weighted by Crippen LogP contribution is -2.26. The minimum absolute atomic E-state index is 0.137. The predicted molar refractivity (Wildman–Crippen MR) is 81.4 cm³/mol. The van der Waals surface area contributed by atoms with Crippen molar-refractivity contribution in [3.8, 4) is 0 Å². The van der Waals surface area contributed by atoms with Gasteiger partial charge in [-0.3, -0.25) is 4.79 Å². The summed E-state index contributed by atoms with van der Waals surface area (Å²) in [6.45, 7) is 2.45. The molecular weight excluding hydrogens is 296 g/mol. The van der Waals surface area contributed by atoms with Crippen molar-refractivity contribution in [1.82, 2.24) is 14.9 Å². The highest BCUT2D eigenvalue weighted by Crippen LogP contribution is 2.21. The van der Waals surface area contributed by atoms with E-state index >= 15 is 0 Å². The Balaban J connectivity index is 2.20. The van der Waals surface area contributed by atoms with Gasteiger partial charge in [0.1, 0.15) is 5.82 Å². The van der Waals surface area contributed by atoms with Gasteiger partial charge in [0.05, 0.1) is 28.3 Å². The number of hydrogen-bond donors (Lipinski definition) is 1. The van der Waals surface area contributed by atoms with E-state index in [9.17, 15) is 4.79 Å². The number of anilines is 1. The summed E-state index contributed by atoms with van der Waals surface area (Å²) >= 11 is 7.60. The van der Waals surface area contributed by atoms with Gasteiger partial charge in [0.2, 0.25) is 0 Å². The lowest BCUT2D eigenvalue weighted by atomic mass is 10.2. The molecule has 0 aromatic carbocycles. The summed E-state index contributed by atoms with van der Waals surface area (Å²) in [6, 6.07) is 1.65. The van der Waals surface area contributed by atoms with E-state index in [1.54, 1.807) is 30.6 Å². The molecule has 0 atom stereocenters. The van der Waals surface area contributed by atoms with Crippen LogP contribution in [-0.2, 0) is 6.54 Å². The van der Waals surface area contributed by atoms with E-state index in [4.69, 9.17) is 11.6 Å². The quantitative estimate of drug-likeness (QED) is 0.943. The largest absolute Gasteiger partial charge is 0.373 e. The van der Waals surface area contributed by atoms with Crippen LogP contribution in [0.4, 0.5) is 5.82 Å². The van der Waals surface area contributed by atoms with Crippen molar-refractivity contribution in [2.45, 2.75) is 13.5 Å². The molecule has 2 aromatic heterocycles. The fourth-order valence-corrected chi connectivity index (χ4v) is 2.72. The zero-order chi connectivity index (χ0) is 14.7. The van der Waals surface area contributed by atoms with Gasteiger partial charge in [-0.2, -0.15) is 0 Å². The van der Waals surface area contributed by atoms with Crippen molar-refractivity contribution >= 4 is 34.7 Å². The summed E-state index contributed by atoms with van der Waals surface area (Å²) in [5.74, 6) is 0.474. The number of thiazole rings is 1. The molecule has 1 amide bonds. The molecule has 0 unspecified atom stereocenters. The Kier molecular flexibility index (Phi) is 4.57. The molecule has 2 rings (SSSR count). The average Bonchev–Trinajstić information content (AvgIpc) is 2.84. The third-order valence-electron chi connectivity index (χ3n) is 2.91. The molecule has 0 fully saturated rings. The molecule has 0 aliphatic carbocycles. The van der Waals surface area contributed by atoms with Crippen molar-refractivity contribution in [2.75, 3.05) is 19.4 Å². The van der Waals surface area contributed by atoms with Crippen molar-refractivity contribution < 1.29 is 4.79 Å². The van der Waals surface area contributed by atoms with Gasteiger partial charge < -0.3 is 10.2 Å². The third kappa shape index (κ3) is 3.08. The molecule has 2 aromatic rings. The fraction of sp³-hybridized carbons (Fsp3) is 0.308. The molecule has 0 bridgehead atoms. The maximum atomic E-state index is 12.4. The number of aromatic nitrogens is 2. The van der Waals surface area contributed by atoms with Gasteiger partial charge in [-0.15, -0.1) is 11.3 Å². The zero-order valence-electron chi connectivity index (χ0n) is 11.5. The van der Waals surface area contributed by atoms with Gasteiger partial charge in [-0.05, 0) is 13.0 Å². The number of pyridine rings is 1. The number of halogens is 1. The van der Waals surface area contributed by atoms with Crippen LogP contribution in [0, 0.1) is 6.92 Å². The highest BCUT2D eigenvalue weighted by atomic mass is 35.5.